The first-order valence-electron chi connectivity index (χ1n) is 10.1. The van der Waals surface area contributed by atoms with E-state index in [2.05, 4.69) is 25.2 Å². The van der Waals surface area contributed by atoms with Gasteiger partial charge in [-0.05, 0) is 36.4 Å². The molecule has 170 valence electrons. The zero-order valence-corrected chi connectivity index (χ0v) is 17.4. The number of nitrogens with zero attached hydrogens (tertiary/aromatic N) is 3. The SMILES string of the molecule is O=C(Nc1c(-c2ccccc2)nc2ccccn12)c1ccc(OC(F)(F)F)c(-c2cc[nH]n2)c1. The van der Waals surface area contributed by atoms with Gasteiger partial charge >= 0.3 is 6.36 Å². The highest BCUT2D eigenvalue weighted by Gasteiger charge is 2.32. The zero-order chi connectivity index (χ0) is 23.7. The number of carbonyl (C=O) groups excluding carboxylic acids is 1. The van der Waals surface area contributed by atoms with Gasteiger partial charge in [-0.15, -0.1) is 13.2 Å². The molecular formula is C24H16F3N5O2. The van der Waals surface area contributed by atoms with Crippen molar-refractivity contribution >= 4 is 17.4 Å². The summed E-state index contributed by atoms with van der Waals surface area (Å²) in [6, 6.07) is 19.9. The summed E-state index contributed by atoms with van der Waals surface area (Å²) in [4.78, 5) is 17.8. The minimum absolute atomic E-state index is 0.0210. The van der Waals surface area contributed by atoms with Crippen LogP contribution in [0.4, 0.5) is 19.0 Å². The van der Waals surface area contributed by atoms with Crippen molar-refractivity contribution in [2.75, 3.05) is 5.32 Å². The third-order valence-electron chi connectivity index (χ3n) is 5.05. The Labute approximate surface area is 190 Å². The van der Waals surface area contributed by atoms with Crippen LogP contribution in [0.3, 0.4) is 0 Å². The van der Waals surface area contributed by atoms with Gasteiger partial charge in [-0.2, -0.15) is 5.10 Å². The summed E-state index contributed by atoms with van der Waals surface area (Å²) in [7, 11) is 0. The maximum Gasteiger partial charge on any atom is 0.573 e. The molecule has 0 spiro atoms. The van der Waals surface area contributed by atoms with Gasteiger partial charge in [-0.1, -0.05) is 36.4 Å². The molecule has 5 aromatic rings. The number of fused-ring (bicyclic) bond motifs is 1. The van der Waals surface area contributed by atoms with Crippen LogP contribution in [0, 0.1) is 0 Å². The van der Waals surface area contributed by atoms with E-state index in [1.165, 1.54) is 24.4 Å². The van der Waals surface area contributed by atoms with Crippen molar-refractivity contribution in [1.82, 2.24) is 19.6 Å². The van der Waals surface area contributed by atoms with Gasteiger partial charge in [0.1, 0.15) is 22.9 Å². The molecule has 10 heteroatoms. The van der Waals surface area contributed by atoms with E-state index in [4.69, 9.17) is 0 Å². The summed E-state index contributed by atoms with van der Waals surface area (Å²) in [5.41, 5.74) is 2.33. The van der Waals surface area contributed by atoms with Crippen LogP contribution in [0.1, 0.15) is 10.4 Å². The van der Waals surface area contributed by atoms with Crippen molar-refractivity contribution in [2.45, 2.75) is 6.36 Å². The highest BCUT2D eigenvalue weighted by atomic mass is 19.4. The number of aromatic nitrogens is 4. The Kier molecular flexibility index (Phi) is 5.25. The Morgan fingerprint density at radius 3 is 2.53 bits per heavy atom. The van der Waals surface area contributed by atoms with E-state index in [0.717, 1.165) is 11.6 Å². The second-order valence-electron chi connectivity index (χ2n) is 7.28. The van der Waals surface area contributed by atoms with Gasteiger partial charge in [-0.25, -0.2) is 4.98 Å². The standard InChI is InChI=1S/C24H16F3N5O2/c25-24(26,27)34-19-10-9-16(14-17(19)18-11-12-28-31-18)23(33)30-22-21(15-6-2-1-3-7-15)29-20-8-4-5-13-32(20)22/h1-14H,(H,28,31)(H,30,33). The van der Waals surface area contributed by atoms with Crippen LogP contribution >= 0.6 is 0 Å². The molecule has 0 radical (unpaired) electrons. The number of ether oxygens (including phenoxy) is 1. The third-order valence-corrected chi connectivity index (χ3v) is 5.05. The number of nitrogens with one attached hydrogen (secondary N) is 2. The zero-order valence-electron chi connectivity index (χ0n) is 17.4. The summed E-state index contributed by atoms with van der Waals surface area (Å²) in [5, 5.41) is 9.34. The summed E-state index contributed by atoms with van der Waals surface area (Å²) in [6.45, 7) is 0. The van der Waals surface area contributed by atoms with Crippen LogP contribution in [-0.4, -0.2) is 31.9 Å². The van der Waals surface area contributed by atoms with E-state index in [9.17, 15) is 18.0 Å². The van der Waals surface area contributed by atoms with E-state index in [0.29, 0.717) is 17.2 Å². The molecule has 34 heavy (non-hydrogen) atoms. The molecule has 0 bridgehead atoms. The predicted molar refractivity (Wildman–Crippen MR) is 119 cm³/mol. The van der Waals surface area contributed by atoms with Crippen molar-refractivity contribution in [3.05, 3.63) is 90.8 Å². The van der Waals surface area contributed by atoms with Crippen molar-refractivity contribution in [3.63, 3.8) is 0 Å². The van der Waals surface area contributed by atoms with Crippen LogP contribution < -0.4 is 10.1 Å². The smallest absolute Gasteiger partial charge is 0.405 e. The molecule has 0 fully saturated rings. The van der Waals surface area contributed by atoms with Crippen molar-refractivity contribution in [1.29, 1.82) is 0 Å². The fourth-order valence-corrected chi connectivity index (χ4v) is 3.59. The van der Waals surface area contributed by atoms with E-state index in [1.807, 2.05) is 36.4 Å². The van der Waals surface area contributed by atoms with Gasteiger partial charge in [0.15, 0.2) is 0 Å². The first-order valence-corrected chi connectivity index (χ1v) is 10.1. The van der Waals surface area contributed by atoms with Crippen molar-refractivity contribution in [3.8, 4) is 28.3 Å². The van der Waals surface area contributed by atoms with Crippen molar-refractivity contribution in [2.24, 2.45) is 0 Å². The summed E-state index contributed by atoms with van der Waals surface area (Å²) in [5.74, 6) is -0.558. The van der Waals surface area contributed by atoms with E-state index < -0.39 is 18.0 Å². The molecule has 1 amide bonds. The molecule has 0 saturated carbocycles. The Morgan fingerprint density at radius 2 is 1.79 bits per heavy atom. The predicted octanol–water partition coefficient (Wildman–Crippen LogP) is 5.54. The number of H-pyrrole nitrogens is 1. The van der Waals surface area contributed by atoms with Crippen molar-refractivity contribution < 1.29 is 22.7 Å². The Hall–Kier alpha value is -4.60. The topological polar surface area (TPSA) is 84.3 Å². The van der Waals surface area contributed by atoms with Gasteiger partial charge in [0.2, 0.25) is 0 Å². The fraction of sp³-hybridized carbons (Fsp3) is 0.0417. The Bertz CT molecular complexity index is 1460. The fourth-order valence-electron chi connectivity index (χ4n) is 3.59. The molecule has 3 heterocycles. The molecule has 0 saturated heterocycles. The van der Waals surface area contributed by atoms with Crippen LogP contribution in [0.2, 0.25) is 0 Å². The first kappa shape index (κ1) is 21.3. The van der Waals surface area contributed by atoms with E-state index in [-0.39, 0.29) is 16.8 Å². The summed E-state index contributed by atoms with van der Waals surface area (Å²) in [6.07, 6.45) is -1.67. The van der Waals surface area contributed by atoms with Gasteiger partial charge < -0.3 is 10.1 Å². The lowest BCUT2D eigenvalue weighted by Crippen LogP contribution is -2.18. The first-order chi connectivity index (χ1) is 16.4. The lowest BCUT2D eigenvalue weighted by molar-refractivity contribution is -0.274. The molecule has 0 unspecified atom stereocenters. The summed E-state index contributed by atoms with van der Waals surface area (Å²) < 4.78 is 44.5. The van der Waals surface area contributed by atoms with Gasteiger partial charge in [0, 0.05) is 29.1 Å². The maximum absolute atomic E-state index is 13.2. The average Bonchev–Trinajstić information content (AvgIpc) is 3.48. The second-order valence-corrected chi connectivity index (χ2v) is 7.28. The number of aromatic amines is 1. The van der Waals surface area contributed by atoms with Crippen LogP contribution in [0.5, 0.6) is 5.75 Å². The Balaban J connectivity index is 1.55. The monoisotopic (exact) mass is 463 g/mol. The normalized spacial score (nSPS) is 11.5. The number of rotatable bonds is 5. The molecule has 0 aliphatic carbocycles. The highest BCUT2D eigenvalue weighted by Crippen LogP contribution is 2.34. The number of imidazole rings is 1. The molecule has 3 aromatic heterocycles. The molecular weight excluding hydrogens is 447 g/mol. The highest BCUT2D eigenvalue weighted by molar-refractivity contribution is 6.06. The number of amides is 1. The number of anilines is 1. The lowest BCUT2D eigenvalue weighted by atomic mass is 10.1. The van der Waals surface area contributed by atoms with Gasteiger partial charge in [-0.3, -0.25) is 14.3 Å². The molecule has 5 rings (SSSR count). The Morgan fingerprint density at radius 1 is 1.00 bits per heavy atom. The number of alkyl halides is 3. The minimum atomic E-state index is -4.89. The third kappa shape index (κ3) is 4.20. The number of halogens is 3. The second kappa shape index (κ2) is 8.39. The maximum atomic E-state index is 13.2. The molecule has 2 aromatic carbocycles. The van der Waals surface area contributed by atoms with Crippen LogP contribution in [-0.2, 0) is 0 Å². The van der Waals surface area contributed by atoms with E-state index >= 15 is 0 Å². The molecule has 0 atom stereocenters. The quantitative estimate of drug-likeness (QED) is 0.358. The largest absolute Gasteiger partial charge is 0.573 e. The van der Waals surface area contributed by atoms with Crippen LogP contribution in [0.15, 0.2) is 85.2 Å². The molecule has 2 N–H and O–H groups in total. The average molecular weight is 463 g/mol. The van der Waals surface area contributed by atoms with Gasteiger partial charge in [0.25, 0.3) is 5.91 Å². The molecule has 7 nitrogen and oxygen atoms in total. The molecule has 0 aliphatic heterocycles. The van der Waals surface area contributed by atoms with E-state index in [1.54, 1.807) is 22.7 Å². The number of carbonyl (C=O) groups is 1. The molecule has 0 aliphatic rings. The number of hydrogen-bond acceptors (Lipinski definition) is 4. The number of pyridine rings is 1. The number of hydrogen-bond donors (Lipinski definition) is 2. The van der Waals surface area contributed by atoms with Crippen LogP contribution in [0.25, 0.3) is 28.2 Å². The minimum Gasteiger partial charge on any atom is -0.405 e. The summed E-state index contributed by atoms with van der Waals surface area (Å²) >= 11 is 0. The number of benzene rings is 2. The lowest BCUT2D eigenvalue weighted by Gasteiger charge is -2.14. The van der Waals surface area contributed by atoms with Gasteiger partial charge in [0.05, 0.1) is 5.69 Å².